The molecule has 0 spiro atoms. The third kappa shape index (κ3) is 6.39. The first-order chi connectivity index (χ1) is 23.9. The van der Waals surface area contributed by atoms with Crippen molar-refractivity contribution in [3.8, 4) is 11.5 Å². The number of hydrogen-bond donors (Lipinski definition) is 2. The van der Waals surface area contributed by atoms with Crippen LogP contribution in [0.4, 0.5) is 5.95 Å². The van der Waals surface area contributed by atoms with Crippen LogP contribution in [0.2, 0.25) is 5.04 Å². The minimum atomic E-state index is -2.82. The van der Waals surface area contributed by atoms with Crippen LogP contribution >= 0.6 is 0 Å². The first-order valence-corrected chi connectivity index (χ1v) is 18.5. The van der Waals surface area contributed by atoms with Crippen molar-refractivity contribution in [2.75, 3.05) is 12.4 Å². The molecule has 10 nitrogen and oxygen atoms in total. The van der Waals surface area contributed by atoms with Crippen LogP contribution in [-0.4, -0.2) is 46.6 Å². The van der Waals surface area contributed by atoms with Crippen molar-refractivity contribution >= 4 is 47.5 Å². The molecule has 0 bridgehead atoms. The number of aryl methyl sites for hydroxylation is 2. The number of carbonyl (C=O) groups excluding carboxylic acids is 2. The predicted octanol–water partition coefficient (Wildman–Crippen LogP) is 5.91. The van der Waals surface area contributed by atoms with Gasteiger partial charge in [-0.2, -0.15) is 5.10 Å². The van der Waals surface area contributed by atoms with E-state index >= 15 is 0 Å². The molecular weight excluding hydrogens is 645 g/mol. The first-order valence-electron chi connectivity index (χ1n) is 16.6. The Balaban J connectivity index is 1.40. The van der Waals surface area contributed by atoms with Crippen molar-refractivity contribution in [2.24, 2.45) is 5.73 Å². The van der Waals surface area contributed by atoms with Gasteiger partial charge in [-0.15, -0.1) is 0 Å². The van der Waals surface area contributed by atoms with Crippen molar-refractivity contribution < 1.29 is 18.8 Å². The minimum absolute atomic E-state index is 0.191. The fourth-order valence-electron chi connectivity index (χ4n) is 6.58. The molecule has 0 aliphatic heterocycles. The number of amides is 2. The SMILES string of the molecule is CCn1nc(C)cc1C(=O)Nc1nc2cc(C(N)=O)cc(OC)c2n1Cc1ccc(O[Si](c2ccccc2)(c2ccccc2)C(C)(C)C)cc1. The molecule has 6 rings (SSSR count). The smallest absolute Gasteiger partial charge is 0.319 e. The molecule has 0 aliphatic carbocycles. The lowest BCUT2D eigenvalue weighted by Crippen LogP contribution is -2.68. The average Bonchev–Trinajstić information content (AvgIpc) is 3.66. The Morgan fingerprint density at radius 1 is 0.900 bits per heavy atom. The highest BCUT2D eigenvalue weighted by Gasteiger charge is 2.52. The van der Waals surface area contributed by atoms with E-state index in [9.17, 15) is 9.59 Å². The number of hydrogen-bond acceptors (Lipinski definition) is 6. The zero-order valence-corrected chi connectivity index (χ0v) is 30.2. The molecule has 2 heterocycles. The number of imidazole rings is 1. The van der Waals surface area contributed by atoms with Gasteiger partial charge in [-0.3, -0.25) is 19.6 Å². The quantitative estimate of drug-likeness (QED) is 0.163. The second-order valence-corrected chi connectivity index (χ2v) is 17.5. The predicted molar refractivity (Wildman–Crippen MR) is 199 cm³/mol. The summed E-state index contributed by atoms with van der Waals surface area (Å²) in [4.78, 5) is 30.5. The Hall–Kier alpha value is -5.68. The van der Waals surface area contributed by atoms with E-state index in [-0.39, 0.29) is 16.5 Å². The van der Waals surface area contributed by atoms with E-state index in [1.54, 1.807) is 22.9 Å². The number of benzene rings is 4. The number of anilines is 1. The molecule has 3 N–H and O–H groups in total. The maximum absolute atomic E-state index is 13.6. The van der Waals surface area contributed by atoms with Crippen molar-refractivity contribution in [3.05, 3.63) is 126 Å². The summed E-state index contributed by atoms with van der Waals surface area (Å²) in [5.74, 6) is 0.500. The highest BCUT2D eigenvalue weighted by atomic mass is 28.4. The van der Waals surface area contributed by atoms with Crippen LogP contribution < -0.4 is 30.6 Å². The first kappa shape index (κ1) is 34.2. The second-order valence-electron chi connectivity index (χ2n) is 13.3. The third-order valence-electron chi connectivity index (χ3n) is 8.92. The fraction of sp³-hybridized carbons (Fsp3) is 0.231. The molecule has 50 heavy (non-hydrogen) atoms. The summed E-state index contributed by atoms with van der Waals surface area (Å²) in [5, 5.41) is 9.59. The molecule has 6 aromatic rings. The Bertz CT molecular complexity index is 2110. The molecule has 0 unspecified atom stereocenters. The maximum atomic E-state index is 13.6. The number of ether oxygens (including phenoxy) is 1. The Kier molecular flexibility index (Phi) is 9.35. The second kappa shape index (κ2) is 13.7. The van der Waals surface area contributed by atoms with E-state index in [1.807, 2.05) is 54.8 Å². The summed E-state index contributed by atoms with van der Waals surface area (Å²) in [7, 11) is -1.30. The minimum Gasteiger partial charge on any atom is -0.534 e. The van der Waals surface area contributed by atoms with E-state index in [0.717, 1.165) is 17.0 Å². The highest BCUT2D eigenvalue weighted by molar-refractivity contribution is 7.00. The Labute approximate surface area is 293 Å². The number of nitrogens with two attached hydrogens (primary N) is 1. The van der Waals surface area contributed by atoms with Crippen LogP contribution in [0.1, 0.15) is 59.8 Å². The number of methoxy groups -OCH3 is 1. The van der Waals surface area contributed by atoms with Crippen LogP contribution in [0.3, 0.4) is 0 Å². The largest absolute Gasteiger partial charge is 0.534 e. The molecule has 256 valence electrons. The normalized spacial score (nSPS) is 11.8. The lowest BCUT2D eigenvalue weighted by molar-refractivity contribution is 0.0995. The third-order valence-corrected chi connectivity index (χ3v) is 13.9. The number of nitrogens with one attached hydrogen (secondary N) is 1. The van der Waals surface area contributed by atoms with Crippen molar-refractivity contribution in [3.63, 3.8) is 0 Å². The maximum Gasteiger partial charge on any atom is 0.319 e. The summed E-state index contributed by atoms with van der Waals surface area (Å²) in [5.41, 5.74) is 9.04. The topological polar surface area (TPSA) is 126 Å². The molecule has 11 heteroatoms. The summed E-state index contributed by atoms with van der Waals surface area (Å²) in [6.45, 7) is 11.4. The van der Waals surface area contributed by atoms with Crippen molar-refractivity contribution in [2.45, 2.75) is 52.7 Å². The molecule has 2 amide bonds. The lowest BCUT2D eigenvalue weighted by atomic mass is 10.1. The van der Waals surface area contributed by atoms with Crippen LogP contribution in [0.15, 0.2) is 103 Å². The number of rotatable bonds is 11. The zero-order chi connectivity index (χ0) is 35.6. The molecule has 0 atom stereocenters. The number of carbonyl (C=O) groups is 2. The van der Waals surface area contributed by atoms with Gasteiger partial charge >= 0.3 is 8.32 Å². The van der Waals surface area contributed by atoms with Gasteiger partial charge in [-0.05, 0) is 65.2 Å². The standard InChI is InChI=1S/C39H42N6O4Si/c1-7-45-33(22-26(2)43-45)37(47)42-38-41-32-23-28(36(40)46)24-34(48-6)35(32)44(38)25-27-18-20-29(21-19-27)49-50(39(3,4)5,30-14-10-8-11-15-30)31-16-12-9-13-17-31/h8-24H,7,25H2,1-6H3,(H2,40,46)(H,41,42,47). The van der Waals surface area contributed by atoms with Crippen molar-refractivity contribution in [1.82, 2.24) is 19.3 Å². The van der Waals surface area contributed by atoms with Crippen LogP contribution in [0, 0.1) is 6.92 Å². The van der Waals surface area contributed by atoms with Gasteiger partial charge in [0.1, 0.15) is 22.7 Å². The molecule has 0 saturated carbocycles. The summed E-state index contributed by atoms with van der Waals surface area (Å²) >= 11 is 0. The molecule has 2 aromatic heterocycles. The number of fused-ring (bicyclic) bond motifs is 1. The van der Waals surface area contributed by atoms with E-state index in [1.165, 1.54) is 17.5 Å². The molecule has 0 saturated heterocycles. The fourth-order valence-corrected chi connectivity index (χ4v) is 11.0. The molecule has 0 aliphatic rings. The van der Waals surface area contributed by atoms with E-state index in [0.29, 0.717) is 41.5 Å². The van der Waals surface area contributed by atoms with Gasteiger partial charge in [0.25, 0.3) is 5.91 Å². The van der Waals surface area contributed by atoms with Crippen LogP contribution in [0.25, 0.3) is 11.0 Å². The van der Waals surface area contributed by atoms with Gasteiger partial charge in [0.15, 0.2) is 0 Å². The number of aromatic nitrogens is 4. The van der Waals surface area contributed by atoms with Gasteiger partial charge in [-0.1, -0.05) is 93.6 Å². The van der Waals surface area contributed by atoms with E-state index < -0.39 is 14.2 Å². The Morgan fingerprint density at radius 3 is 2.06 bits per heavy atom. The molecule has 0 radical (unpaired) electrons. The van der Waals surface area contributed by atoms with E-state index in [2.05, 4.69) is 79.7 Å². The summed E-state index contributed by atoms with van der Waals surface area (Å²) in [6.07, 6.45) is 0. The lowest BCUT2D eigenvalue weighted by Gasteiger charge is -2.43. The van der Waals surface area contributed by atoms with Crippen molar-refractivity contribution in [1.29, 1.82) is 0 Å². The highest BCUT2D eigenvalue weighted by Crippen LogP contribution is 2.38. The molecular formula is C39H42N6O4Si. The Morgan fingerprint density at radius 2 is 1.52 bits per heavy atom. The summed E-state index contributed by atoms with van der Waals surface area (Å²) in [6, 6.07) is 34.0. The van der Waals surface area contributed by atoms with Gasteiger partial charge < -0.3 is 19.5 Å². The van der Waals surface area contributed by atoms with E-state index in [4.69, 9.17) is 19.9 Å². The monoisotopic (exact) mass is 686 g/mol. The van der Waals surface area contributed by atoms with Gasteiger partial charge in [0.05, 0.1) is 24.9 Å². The van der Waals surface area contributed by atoms with Gasteiger partial charge in [0.2, 0.25) is 11.9 Å². The zero-order valence-electron chi connectivity index (χ0n) is 29.2. The number of nitrogens with zero attached hydrogens (tertiary/aromatic N) is 4. The number of primary amides is 1. The van der Waals surface area contributed by atoms with Gasteiger partial charge in [0, 0.05) is 12.1 Å². The van der Waals surface area contributed by atoms with Crippen LogP contribution in [0.5, 0.6) is 11.5 Å². The van der Waals surface area contributed by atoms with Crippen LogP contribution in [-0.2, 0) is 13.1 Å². The molecule has 4 aromatic carbocycles. The average molecular weight is 687 g/mol. The van der Waals surface area contributed by atoms with Gasteiger partial charge in [-0.25, -0.2) is 4.98 Å². The summed E-state index contributed by atoms with van der Waals surface area (Å²) < 4.78 is 16.4. The molecule has 0 fully saturated rings.